The van der Waals surface area contributed by atoms with Gasteiger partial charge in [-0.05, 0) is 44.4 Å². The van der Waals surface area contributed by atoms with Crippen molar-refractivity contribution in [1.82, 2.24) is 14.6 Å². The minimum Gasteiger partial charge on any atom is -0.495 e. The maximum absolute atomic E-state index is 13.0. The van der Waals surface area contributed by atoms with Crippen LogP contribution in [0.2, 0.25) is 0 Å². The van der Waals surface area contributed by atoms with E-state index in [1.807, 2.05) is 12.3 Å². The number of benzene rings is 1. The van der Waals surface area contributed by atoms with Gasteiger partial charge in [0.25, 0.3) is 5.91 Å². The molecule has 10 heteroatoms. The third-order valence-corrected chi connectivity index (χ3v) is 7.73. The van der Waals surface area contributed by atoms with Crippen LogP contribution in [0.25, 0.3) is 0 Å². The maximum atomic E-state index is 13.0. The average Bonchev–Trinajstić information content (AvgIpc) is 3.18. The highest BCUT2D eigenvalue weighted by atomic mass is 32.2. The number of carbonyl (C=O) groups excluding carboxylic acids is 1. The molecule has 0 radical (unpaired) electrons. The van der Waals surface area contributed by atoms with Crippen LogP contribution in [-0.4, -0.2) is 63.6 Å². The molecule has 30 heavy (non-hydrogen) atoms. The standard InChI is InChI=1S/C20H27N3O5S2/c1-15-14-29-19(22-15)5-3-4-8-21-20(24)16-6-7-17(27-2)18(13-16)30(25,26)23-9-11-28-12-10-23/h6-7,13-14H,3-5,8-12H2,1-2H3,(H,21,24). The normalized spacial score (nSPS) is 15.1. The van der Waals surface area contributed by atoms with Gasteiger partial charge in [0.2, 0.25) is 10.0 Å². The van der Waals surface area contributed by atoms with E-state index in [4.69, 9.17) is 9.47 Å². The van der Waals surface area contributed by atoms with Crippen molar-refractivity contribution in [1.29, 1.82) is 0 Å². The van der Waals surface area contributed by atoms with Gasteiger partial charge in [-0.15, -0.1) is 11.3 Å². The van der Waals surface area contributed by atoms with Crippen LogP contribution in [-0.2, 0) is 21.2 Å². The van der Waals surface area contributed by atoms with Gasteiger partial charge in [0.1, 0.15) is 10.6 Å². The Bertz CT molecular complexity index is 969. The van der Waals surface area contributed by atoms with Gasteiger partial charge in [-0.2, -0.15) is 4.31 Å². The molecule has 0 saturated carbocycles. The minimum absolute atomic E-state index is 0.00121. The van der Waals surface area contributed by atoms with Crippen molar-refractivity contribution < 1.29 is 22.7 Å². The zero-order chi connectivity index (χ0) is 21.6. The third kappa shape index (κ3) is 5.57. The average molecular weight is 454 g/mol. The number of nitrogens with zero attached hydrogens (tertiary/aromatic N) is 2. The van der Waals surface area contributed by atoms with Gasteiger partial charge >= 0.3 is 0 Å². The van der Waals surface area contributed by atoms with Crippen LogP contribution in [0.15, 0.2) is 28.5 Å². The minimum atomic E-state index is -3.78. The lowest BCUT2D eigenvalue weighted by Gasteiger charge is -2.26. The summed E-state index contributed by atoms with van der Waals surface area (Å²) < 4.78 is 37.9. The molecule has 1 aliphatic rings. The molecule has 0 spiro atoms. The molecule has 0 unspecified atom stereocenters. The number of thiazole rings is 1. The number of rotatable bonds is 9. The third-order valence-electron chi connectivity index (χ3n) is 4.78. The molecule has 164 valence electrons. The van der Waals surface area contributed by atoms with E-state index in [2.05, 4.69) is 10.3 Å². The number of unbranched alkanes of at least 4 members (excludes halogenated alkanes) is 1. The largest absolute Gasteiger partial charge is 0.495 e. The van der Waals surface area contributed by atoms with E-state index >= 15 is 0 Å². The fraction of sp³-hybridized carbons (Fsp3) is 0.500. The van der Waals surface area contributed by atoms with E-state index < -0.39 is 10.0 Å². The Balaban J connectivity index is 1.61. The van der Waals surface area contributed by atoms with Gasteiger partial charge in [-0.25, -0.2) is 13.4 Å². The van der Waals surface area contributed by atoms with Crippen LogP contribution in [0.4, 0.5) is 0 Å². The fourth-order valence-corrected chi connectivity index (χ4v) is 5.58. The maximum Gasteiger partial charge on any atom is 0.251 e. The first kappa shape index (κ1) is 22.7. The van der Waals surface area contributed by atoms with E-state index in [9.17, 15) is 13.2 Å². The zero-order valence-electron chi connectivity index (χ0n) is 17.2. The summed E-state index contributed by atoms with van der Waals surface area (Å²) in [5.74, 6) is -0.0852. The first-order valence-corrected chi connectivity index (χ1v) is 12.2. The van der Waals surface area contributed by atoms with Crippen LogP contribution in [0.3, 0.4) is 0 Å². The summed E-state index contributed by atoms with van der Waals surface area (Å²) in [6.07, 6.45) is 2.63. The first-order valence-electron chi connectivity index (χ1n) is 9.87. The lowest BCUT2D eigenvalue weighted by atomic mass is 10.2. The molecule has 2 aromatic rings. The van der Waals surface area contributed by atoms with Crippen LogP contribution in [0, 0.1) is 6.92 Å². The topological polar surface area (TPSA) is 97.8 Å². The van der Waals surface area contributed by atoms with Crippen molar-refractivity contribution in [2.45, 2.75) is 31.1 Å². The van der Waals surface area contributed by atoms with Crippen LogP contribution >= 0.6 is 11.3 Å². The molecule has 1 N–H and O–H groups in total. The number of carbonyl (C=O) groups is 1. The summed E-state index contributed by atoms with van der Waals surface area (Å²) >= 11 is 1.65. The summed E-state index contributed by atoms with van der Waals surface area (Å²) in [4.78, 5) is 17.0. The number of hydrogen-bond acceptors (Lipinski definition) is 7. The van der Waals surface area contributed by atoms with Crippen molar-refractivity contribution in [3.63, 3.8) is 0 Å². The molecule has 1 aromatic carbocycles. The summed E-state index contributed by atoms with van der Waals surface area (Å²) in [5, 5.41) is 6.00. The van der Waals surface area contributed by atoms with E-state index in [0.29, 0.717) is 19.8 Å². The summed E-state index contributed by atoms with van der Waals surface area (Å²) in [7, 11) is -2.36. The molecule has 1 saturated heterocycles. The number of sulfonamides is 1. The van der Waals surface area contributed by atoms with Crippen LogP contribution in [0.5, 0.6) is 5.75 Å². The molecule has 2 heterocycles. The zero-order valence-corrected chi connectivity index (χ0v) is 18.9. The molecule has 1 aromatic heterocycles. The molecular formula is C20H27N3O5S2. The monoisotopic (exact) mass is 453 g/mol. The number of morpholine rings is 1. The molecule has 1 aliphatic heterocycles. The van der Waals surface area contributed by atoms with Crippen LogP contribution < -0.4 is 10.1 Å². The molecule has 1 amide bonds. The quantitative estimate of drug-likeness (QED) is 0.585. The number of methoxy groups -OCH3 is 1. The van der Waals surface area contributed by atoms with Gasteiger partial charge in [-0.3, -0.25) is 4.79 Å². The van der Waals surface area contributed by atoms with E-state index in [1.54, 1.807) is 17.4 Å². The molecule has 3 rings (SSSR count). The Morgan fingerprint density at radius 3 is 2.73 bits per heavy atom. The van der Waals surface area contributed by atoms with Gasteiger partial charge < -0.3 is 14.8 Å². The van der Waals surface area contributed by atoms with Gasteiger partial charge in [0, 0.05) is 36.3 Å². The van der Waals surface area contributed by atoms with Crippen molar-refractivity contribution >= 4 is 27.3 Å². The fourth-order valence-electron chi connectivity index (χ4n) is 3.17. The number of hydrogen-bond donors (Lipinski definition) is 1. The Kier molecular flexibility index (Phi) is 7.81. The molecule has 1 fully saturated rings. The predicted molar refractivity (Wildman–Crippen MR) is 115 cm³/mol. The second kappa shape index (κ2) is 10.3. The predicted octanol–water partition coefficient (Wildman–Crippen LogP) is 2.23. The molecule has 8 nitrogen and oxygen atoms in total. The second-order valence-electron chi connectivity index (χ2n) is 6.98. The van der Waals surface area contributed by atoms with Crippen LogP contribution in [0.1, 0.15) is 33.9 Å². The highest BCUT2D eigenvalue weighted by Crippen LogP contribution is 2.28. The SMILES string of the molecule is COc1ccc(C(=O)NCCCCc2nc(C)cs2)cc1S(=O)(=O)N1CCOCC1. The van der Waals surface area contributed by atoms with Gasteiger partial charge in [0.15, 0.2) is 0 Å². The number of nitrogens with one attached hydrogen (secondary N) is 1. The molecule has 0 aliphatic carbocycles. The molecule has 0 atom stereocenters. The van der Waals surface area contributed by atoms with Gasteiger partial charge in [0.05, 0.1) is 25.3 Å². The van der Waals surface area contributed by atoms with Crippen molar-refractivity contribution in [2.75, 3.05) is 40.0 Å². The Morgan fingerprint density at radius 2 is 2.07 bits per heavy atom. The summed E-state index contributed by atoms with van der Waals surface area (Å²) in [6.45, 7) is 3.75. The first-order chi connectivity index (χ1) is 14.4. The summed E-state index contributed by atoms with van der Waals surface area (Å²) in [6, 6.07) is 4.48. The highest BCUT2D eigenvalue weighted by Gasteiger charge is 2.30. The Hall–Kier alpha value is -2.01. The number of aryl methyl sites for hydroxylation is 2. The van der Waals surface area contributed by atoms with E-state index in [0.717, 1.165) is 30.0 Å². The number of amides is 1. The van der Waals surface area contributed by atoms with Crippen molar-refractivity contribution in [3.8, 4) is 5.75 Å². The number of aromatic nitrogens is 1. The smallest absolute Gasteiger partial charge is 0.251 e. The van der Waals surface area contributed by atoms with Crippen molar-refractivity contribution in [3.05, 3.63) is 39.8 Å². The number of ether oxygens (including phenoxy) is 2. The second-order valence-corrected chi connectivity index (χ2v) is 9.83. The lowest BCUT2D eigenvalue weighted by molar-refractivity contribution is 0.0729. The Labute approximate surface area is 181 Å². The Morgan fingerprint density at radius 1 is 1.30 bits per heavy atom. The summed E-state index contributed by atoms with van der Waals surface area (Å²) in [5.41, 5.74) is 1.32. The molecule has 0 bridgehead atoms. The van der Waals surface area contributed by atoms with E-state index in [1.165, 1.54) is 23.5 Å². The van der Waals surface area contributed by atoms with Crippen molar-refractivity contribution in [2.24, 2.45) is 0 Å². The highest BCUT2D eigenvalue weighted by molar-refractivity contribution is 7.89. The molecular weight excluding hydrogens is 426 g/mol. The van der Waals surface area contributed by atoms with Gasteiger partial charge in [-0.1, -0.05) is 0 Å². The lowest BCUT2D eigenvalue weighted by Crippen LogP contribution is -2.40. The van der Waals surface area contributed by atoms with E-state index in [-0.39, 0.29) is 35.2 Å².